The summed E-state index contributed by atoms with van der Waals surface area (Å²) in [7, 11) is 0. The zero-order valence-corrected chi connectivity index (χ0v) is 11.1. The van der Waals surface area contributed by atoms with Gasteiger partial charge in [0.15, 0.2) is 0 Å². The van der Waals surface area contributed by atoms with Gasteiger partial charge in [-0.1, -0.05) is 37.8 Å². The van der Waals surface area contributed by atoms with Crippen LogP contribution in [0.3, 0.4) is 0 Å². The Balaban J connectivity index is 4.25. The van der Waals surface area contributed by atoms with Gasteiger partial charge in [0.05, 0.1) is 5.54 Å². The van der Waals surface area contributed by atoms with Crippen molar-refractivity contribution in [3.63, 3.8) is 0 Å². The quantitative estimate of drug-likeness (QED) is 0.627. The molecule has 0 heterocycles. The molecule has 0 aromatic heterocycles. The van der Waals surface area contributed by atoms with E-state index in [0.29, 0.717) is 5.33 Å². The second-order valence-corrected chi connectivity index (χ2v) is 4.86. The number of carbonyl (C=O) groups excluding carboxylic acids is 1. The molecule has 0 aliphatic heterocycles. The van der Waals surface area contributed by atoms with Gasteiger partial charge in [0.25, 0.3) is 0 Å². The van der Waals surface area contributed by atoms with Gasteiger partial charge in [0.2, 0.25) is 5.91 Å². The van der Waals surface area contributed by atoms with Gasteiger partial charge in [0, 0.05) is 5.33 Å². The van der Waals surface area contributed by atoms with Crippen LogP contribution in [-0.4, -0.2) is 21.6 Å². The van der Waals surface area contributed by atoms with Crippen LogP contribution in [0.25, 0.3) is 0 Å². The molecule has 0 fully saturated rings. The summed E-state index contributed by atoms with van der Waals surface area (Å²) < 4.78 is 0. The third kappa shape index (κ3) is 5.33. The fraction of sp³-hybridized carbons (Fsp3) is 0.667. The molecule has 0 aliphatic carbocycles. The van der Waals surface area contributed by atoms with E-state index in [1.54, 1.807) is 6.92 Å². The predicted octanol–water partition coefficient (Wildman–Crippen LogP) is 2.06. The van der Waals surface area contributed by atoms with Crippen LogP contribution in [0.5, 0.6) is 0 Å². The van der Waals surface area contributed by atoms with E-state index in [2.05, 4.69) is 49.0 Å². The summed E-state index contributed by atoms with van der Waals surface area (Å²) in [6, 6.07) is 0. The van der Waals surface area contributed by atoms with E-state index < -0.39 is 5.54 Å². The van der Waals surface area contributed by atoms with Gasteiger partial charge in [-0.05, 0) is 20.8 Å². The van der Waals surface area contributed by atoms with Crippen LogP contribution in [0.2, 0.25) is 0 Å². The highest BCUT2D eigenvalue weighted by Gasteiger charge is 2.21. The molecule has 0 radical (unpaired) electrons. The van der Waals surface area contributed by atoms with Gasteiger partial charge in [-0.15, -0.1) is 5.92 Å². The average molecular weight is 311 g/mol. The van der Waals surface area contributed by atoms with Crippen molar-refractivity contribution < 1.29 is 4.79 Å². The highest BCUT2D eigenvalue weighted by molar-refractivity contribution is 9.12. The molecule has 0 saturated heterocycles. The predicted molar refractivity (Wildman–Crippen MR) is 62.2 cm³/mol. The molecule has 2 nitrogen and oxygen atoms in total. The van der Waals surface area contributed by atoms with Crippen molar-refractivity contribution in [3.8, 4) is 11.8 Å². The number of amides is 1. The normalized spacial score (nSPS) is 12.7. The minimum absolute atomic E-state index is 0.0513. The Kier molecular flexibility index (Phi) is 5.66. The van der Waals surface area contributed by atoms with E-state index >= 15 is 0 Å². The molecule has 1 N–H and O–H groups in total. The number of halogens is 2. The monoisotopic (exact) mass is 309 g/mol. The molecule has 0 aromatic carbocycles. The molecule has 74 valence electrons. The van der Waals surface area contributed by atoms with Crippen molar-refractivity contribution in [2.24, 2.45) is 0 Å². The minimum atomic E-state index is -0.458. The summed E-state index contributed by atoms with van der Waals surface area (Å²) in [5.74, 6) is 5.64. The maximum absolute atomic E-state index is 11.4. The summed E-state index contributed by atoms with van der Waals surface area (Å²) in [5, 5.41) is 3.41. The molecule has 4 heteroatoms. The molecule has 0 rings (SSSR count). The lowest BCUT2D eigenvalue weighted by molar-refractivity contribution is -0.121. The largest absolute Gasteiger partial charge is 0.339 e. The summed E-state index contributed by atoms with van der Waals surface area (Å²) >= 11 is 6.46. The lowest BCUT2D eigenvalue weighted by atomic mass is 10.1. The molecule has 0 aliphatic rings. The second kappa shape index (κ2) is 5.66. The van der Waals surface area contributed by atoms with E-state index in [1.165, 1.54) is 0 Å². The average Bonchev–Trinajstić information content (AvgIpc) is 2.01. The van der Waals surface area contributed by atoms with Crippen LogP contribution in [0.4, 0.5) is 0 Å². The lowest BCUT2D eigenvalue weighted by Gasteiger charge is -2.21. The molecule has 0 aromatic rings. The van der Waals surface area contributed by atoms with Crippen LogP contribution in [0.1, 0.15) is 20.8 Å². The van der Waals surface area contributed by atoms with E-state index in [4.69, 9.17) is 0 Å². The fourth-order valence-corrected chi connectivity index (χ4v) is 1.21. The number of alkyl halides is 2. The van der Waals surface area contributed by atoms with E-state index in [1.807, 2.05) is 13.8 Å². The van der Waals surface area contributed by atoms with Crippen molar-refractivity contribution in [2.45, 2.75) is 31.1 Å². The Morgan fingerprint density at radius 3 is 2.54 bits per heavy atom. The second-order valence-electron chi connectivity index (χ2n) is 3.11. The Morgan fingerprint density at radius 1 is 1.62 bits per heavy atom. The molecule has 1 atom stereocenters. The maximum Gasteiger partial charge on any atom is 0.235 e. The Hall–Kier alpha value is -0.0100. The van der Waals surface area contributed by atoms with Crippen molar-refractivity contribution in [2.75, 3.05) is 5.33 Å². The summed E-state index contributed by atoms with van der Waals surface area (Å²) in [4.78, 5) is 11.2. The van der Waals surface area contributed by atoms with E-state index in [0.717, 1.165) is 0 Å². The van der Waals surface area contributed by atoms with Gasteiger partial charge in [-0.25, -0.2) is 0 Å². The first-order valence-corrected chi connectivity index (χ1v) is 5.92. The van der Waals surface area contributed by atoms with Gasteiger partial charge in [0.1, 0.15) is 4.83 Å². The summed E-state index contributed by atoms with van der Waals surface area (Å²) in [6.45, 7) is 5.49. The Morgan fingerprint density at radius 2 is 2.15 bits per heavy atom. The van der Waals surface area contributed by atoms with Crippen molar-refractivity contribution in [3.05, 3.63) is 0 Å². The Bertz CT molecular complexity index is 240. The van der Waals surface area contributed by atoms with Gasteiger partial charge in [-0.3, -0.25) is 4.79 Å². The summed E-state index contributed by atoms with van der Waals surface area (Å²) in [5.41, 5.74) is -0.458. The van der Waals surface area contributed by atoms with E-state index in [-0.39, 0.29) is 10.7 Å². The number of hydrogen-bond acceptors (Lipinski definition) is 1. The van der Waals surface area contributed by atoms with Crippen LogP contribution < -0.4 is 5.32 Å². The first-order valence-electron chi connectivity index (χ1n) is 3.89. The minimum Gasteiger partial charge on any atom is -0.339 e. The molecule has 1 amide bonds. The smallest absolute Gasteiger partial charge is 0.235 e. The van der Waals surface area contributed by atoms with Crippen molar-refractivity contribution in [1.29, 1.82) is 0 Å². The molecule has 13 heavy (non-hydrogen) atoms. The number of nitrogens with one attached hydrogen (secondary N) is 1. The first-order chi connectivity index (χ1) is 5.93. The zero-order chi connectivity index (χ0) is 10.5. The van der Waals surface area contributed by atoms with Crippen molar-refractivity contribution in [1.82, 2.24) is 5.32 Å². The maximum atomic E-state index is 11.4. The van der Waals surface area contributed by atoms with Crippen LogP contribution in [0, 0.1) is 11.8 Å². The highest BCUT2D eigenvalue weighted by Crippen LogP contribution is 2.07. The molecule has 1 unspecified atom stereocenters. The third-order valence-electron chi connectivity index (χ3n) is 1.29. The van der Waals surface area contributed by atoms with Crippen LogP contribution in [0.15, 0.2) is 0 Å². The van der Waals surface area contributed by atoms with Gasteiger partial charge >= 0.3 is 0 Å². The third-order valence-corrected chi connectivity index (χ3v) is 3.55. The zero-order valence-electron chi connectivity index (χ0n) is 7.95. The lowest BCUT2D eigenvalue weighted by Crippen LogP contribution is -2.45. The molecule has 0 saturated carbocycles. The first kappa shape index (κ1) is 13.0. The topological polar surface area (TPSA) is 29.1 Å². The van der Waals surface area contributed by atoms with Gasteiger partial charge in [-0.2, -0.15) is 0 Å². The van der Waals surface area contributed by atoms with Crippen LogP contribution >= 0.6 is 31.9 Å². The van der Waals surface area contributed by atoms with Crippen molar-refractivity contribution >= 4 is 37.8 Å². The number of hydrogen-bond donors (Lipinski definition) is 1. The standard InChI is InChI=1S/C9H13Br2NO/c1-4-5-9(2,3)12-8(13)7(11)6-10/h7H,6H2,1-3H3,(H,12,13). The number of rotatable bonds is 3. The molecule has 0 spiro atoms. The SMILES string of the molecule is CC#CC(C)(C)NC(=O)C(Br)CBr. The molecular formula is C9H13Br2NO. The fourth-order valence-electron chi connectivity index (χ4n) is 0.800. The molecular weight excluding hydrogens is 298 g/mol. The summed E-state index contributed by atoms with van der Waals surface area (Å²) in [6.07, 6.45) is 0. The highest BCUT2D eigenvalue weighted by atomic mass is 79.9. The van der Waals surface area contributed by atoms with Gasteiger partial charge < -0.3 is 5.32 Å². The Labute approximate surface area is 96.1 Å². The van der Waals surface area contributed by atoms with E-state index in [9.17, 15) is 4.79 Å². The van der Waals surface area contributed by atoms with Crippen LogP contribution in [-0.2, 0) is 4.79 Å². The number of carbonyl (C=O) groups is 1. The molecule has 0 bridgehead atoms.